The molecule has 2 atom stereocenters. The molecule has 2 saturated heterocycles. The van der Waals surface area contributed by atoms with Gasteiger partial charge in [0.1, 0.15) is 4.90 Å². The number of anilines is 1. The van der Waals surface area contributed by atoms with E-state index in [1.165, 1.54) is 16.4 Å². The molecular formula is C12H15ClN2O3S. The predicted octanol–water partition coefficient (Wildman–Crippen LogP) is 1.47. The Morgan fingerprint density at radius 2 is 1.89 bits per heavy atom. The van der Waals surface area contributed by atoms with Gasteiger partial charge in [-0.3, -0.25) is 0 Å². The number of ether oxygens (including phenoxy) is 1. The van der Waals surface area contributed by atoms with Crippen LogP contribution in [0.15, 0.2) is 23.1 Å². The summed E-state index contributed by atoms with van der Waals surface area (Å²) in [5.41, 5.74) is 6.00. The van der Waals surface area contributed by atoms with Crippen molar-refractivity contribution in [2.24, 2.45) is 0 Å². The van der Waals surface area contributed by atoms with Crippen LogP contribution in [0.3, 0.4) is 0 Å². The number of halogens is 1. The lowest BCUT2D eigenvalue weighted by molar-refractivity contribution is -0.0114. The molecule has 19 heavy (non-hydrogen) atoms. The number of hydrogen-bond acceptors (Lipinski definition) is 4. The predicted molar refractivity (Wildman–Crippen MR) is 72.5 cm³/mol. The van der Waals surface area contributed by atoms with E-state index in [2.05, 4.69) is 0 Å². The fraction of sp³-hybridized carbons (Fsp3) is 0.500. The van der Waals surface area contributed by atoms with Crippen molar-refractivity contribution in [3.63, 3.8) is 0 Å². The fourth-order valence-corrected chi connectivity index (χ4v) is 4.53. The van der Waals surface area contributed by atoms with Crippen LogP contribution in [0.5, 0.6) is 0 Å². The average molecular weight is 303 g/mol. The van der Waals surface area contributed by atoms with Gasteiger partial charge in [-0.2, -0.15) is 4.31 Å². The molecule has 0 aromatic heterocycles. The second kappa shape index (κ2) is 4.63. The molecule has 2 bridgehead atoms. The van der Waals surface area contributed by atoms with Gasteiger partial charge in [-0.05, 0) is 31.0 Å². The van der Waals surface area contributed by atoms with Gasteiger partial charge in [-0.15, -0.1) is 0 Å². The number of fused-ring (bicyclic) bond motifs is 2. The van der Waals surface area contributed by atoms with Crippen LogP contribution in [0.4, 0.5) is 5.69 Å². The van der Waals surface area contributed by atoms with Gasteiger partial charge in [0.25, 0.3) is 0 Å². The number of morpholine rings is 1. The first-order valence-electron chi connectivity index (χ1n) is 6.17. The van der Waals surface area contributed by atoms with E-state index in [-0.39, 0.29) is 22.8 Å². The lowest BCUT2D eigenvalue weighted by Crippen LogP contribution is -2.45. The zero-order valence-corrected chi connectivity index (χ0v) is 11.8. The van der Waals surface area contributed by atoms with E-state index in [0.717, 1.165) is 12.8 Å². The standard InChI is InChI=1S/C12H15ClN2O3S/c13-8-1-4-11(14)12(5-8)19(16,17)15-6-9-2-3-10(7-15)18-9/h1,4-5,9-10H,2-3,6-7,14H2. The summed E-state index contributed by atoms with van der Waals surface area (Å²) in [6.45, 7) is 0.787. The highest BCUT2D eigenvalue weighted by Gasteiger charge is 2.39. The molecule has 2 N–H and O–H groups in total. The Kier molecular flexibility index (Phi) is 3.21. The van der Waals surface area contributed by atoms with Gasteiger partial charge in [0.15, 0.2) is 0 Å². The topological polar surface area (TPSA) is 72.6 Å². The molecule has 1 aromatic rings. The molecule has 2 fully saturated rings. The van der Waals surface area contributed by atoms with E-state index in [4.69, 9.17) is 22.1 Å². The summed E-state index contributed by atoms with van der Waals surface area (Å²) in [7, 11) is -3.60. The van der Waals surface area contributed by atoms with Crippen molar-refractivity contribution < 1.29 is 13.2 Å². The molecule has 1 aromatic carbocycles. The minimum atomic E-state index is -3.60. The zero-order valence-electron chi connectivity index (χ0n) is 10.3. The summed E-state index contributed by atoms with van der Waals surface area (Å²) < 4.78 is 32.3. The van der Waals surface area contributed by atoms with Crippen LogP contribution in [-0.2, 0) is 14.8 Å². The number of nitrogen functional groups attached to an aromatic ring is 1. The van der Waals surface area contributed by atoms with E-state index in [9.17, 15) is 8.42 Å². The highest BCUT2D eigenvalue weighted by molar-refractivity contribution is 7.89. The lowest BCUT2D eigenvalue weighted by Gasteiger charge is -2.31. The summed E-state index contributed by atoms with van der Waals surface area (Å²) in [4.78, 5) is 0.0845. The van der Waals surface area contributed by atoms with Gasteiger partial charge in [0.2, 0.25) is 10.0 Å². The van der Waals surface area contributed by atoms with E-state index < -0.39 is 10.0 Å². The normalized spacial score (nSPS) is 27.6. The molecule has 5 nitrogen and oxygen atoms in total. The van der Waals surface area contributed by atoms with E-state index >= 15 is 0 Å². The van der Waals surface area contributed by atoms with Gasteiger partial charge in [-0.1, -0.05) is 11.6 Å². The number of benzene rings is 1. The zero-order chi connectivity index (χ0) is 13.6. The second-order valence-corrected chi connectivity index (χ2v) is 7.30. The molecule has 0 amide bonds. The first-order valence-corrected chi connectivity index (χ1v) is 7.99. The third-order valence-corrected chi connectivity index (χ3v) is 5.73. The minimum absolute atomic E-state index is 0.00827. The third-order valence-electron chi connectivity index (χ3n) is 3.60. The molecule has 104 valence electrons. The number of sulfonamides is 1. The number of rotatable bonds is 2. The summed E-state index contributed by atoms with van der Waals surface area (Å²) in [6, 6.07) is 4.51. The largest absolute Gasteiger partial charge is 0.398 e. The maximum atomic E-state index is 12.6. The van der Waals surface area contributed by atoms with Crippen molar-refractivity contribution in [3.05, 3.63) is 23.2 Å². The lowest BCUT2D eigenvalue weighted by atomic mass is 10.2. The van der Waals surface area contributed by atoms with Crippen LogP contribution in [0.1, 0.15) is 12.8 Å². The highest BCUT2D eigenvalue weighted by atomic mass is 35.5. The summed E-state index contributed by atoms with van der Waals surface area (Å²) in [5, 5.41) is 0.365. The monoisotopic (exact) mass is 302 g/mol. The fourth-order valence-electron chi connectivity index (χ4n) is 2.64. The SMILES string of the molecule is Nc1ccc(Cl)cc1S(=O)(=O)N1CC2CCC(C1)O2. The van der Waals surface area contributed by atoms with Crippen LogP contribution < -0.4 is 5.73 Å². The summed E-state index contributed by atoms with van der Waals surface area (Å²) in [6.07, 6.45) is 1.85. The Hall–Kier alpha value is -0.820. The first kappa shape index (κ1) is 13.2. The molecule has 3 rings (SSSR count). The Bertz CT molecular complexity index is 593. The molecule has 0 radical (unpaired) electrons. The van der Waals surface area contributed by atoms with Crippen molar-refractivity contribution in [1.82, 2.24) is 4.31 Å². The van der Waals surface area contributed by atoms with Crippen LogP contribution in [0, 0.1) is 0 Å². The highest BCUT2D eigenvalue weighted by Crippen LogP contribution is 2.32. The van der Waals surface area contributed by atoms with Gasteiger partial charge < -0.3 is 10.5 Å². The molecule has 7 heteroatoms. The maximum absolute atomic E-state index is 12.6. The Labute approximate surface area is 117 Å². The smallest absolute Gasteiger partial charge is 0.245 e. The maximum Gasteiger partial charge on any atom is 0.245 e. The van der Waals surface area contributed by atoms with E-state index in [0.29, 0.717) is 18.1 Å². The minimum Gasteiger partial charge on any atom is -0.398 e. The van der Waals surface area contributed by atoms with Crippen LogP contribution in [0.25, 0.3) is 0 Å². The van der Waals surface area contributed by atoms with Gasteiger partial charge in [-0.25, -0.2) is 8.42 Å². The van der Waals surface area contributed by atoms with Gasteiger partial charge >= 0.3 is 0 Å². The first-order chi connectivity index (χ1) is 8.96. The summed E-state index contributed by atoms with van der Waals surface area (Å²) >= 11 is 5.87. The molecule has 2 aliphatic rings. The molecule has 2 aliphatic heterocycles. The van der Waals surface area contributed by atoms with Gasteiger partial charge in [0.05, 0.1) is 17.9 Å². The van der Waals surface area contributed by atoms with Crippen LogP contribution in [0.2, 0.25) is 5.02 Å². The van der Waals surface area contributed by atoms with Crippen molar-refractivity contribution in [2.75, 3.05) is 18.8 Å². The van der Waals surface area contributed by atoms with Crippen LogP contribution in [-0.4, -0.2) is 38.0 Å². The molecule has 2 heterocycles. The Balaban J connectivity index is 1.96. The Morgan fingerprint density at radius 1 is 1.26 bits per heavy atom. The van der Waals surface area contributed by atoms with Crippen molar-refractivity contribution in [3.8, 4) is 0 Å². The quantitative estimate of drug-likeness (QED) is 0.840. The molecule has 2 unspecified atom stereocenters. The second-order valence-electron chi connectivity index (χ2n) is 4.96. The summed E-state index contributed by atoms with van der Waals surface area (Å²) in [5.74, 6) is 0. The van der Waals surface area contributed by atoms with E-state index in [1.54, 1.807) is 6.07 Å². The molecule has 0 spiro atoms. The molecular weight excluding hydrogens is 288 g/mol. The van der Waals surface area contributed by atoms with Crippen molar-refractivity contribution in [1.29, 1.82) is 0 Å². The number of hydrogen-bond donors (Lipinski definition) is 1. The van der Waals surface area contributed by atoms with Crippen molar-refractivity contribution in [2.45, 2.75) is 29.9 Å². The van der Waals surface area contributed by atoms with Crippen molar-refractivity contribution >= 4 is 27.3 Å². The van der Waals surface area contributed by atoms with E-state index in [1.807, 2.05) is 0 Å². The number of nitrogens with zero attached hydrogens (tertiary/aromatic N) is 1. The number of nitrogens with two attached hydrogens (primary N) is 1. The average Bonchev–Trinajstić information content (AvgIpc) is 2.71. The van der Waals surface area contributed by atoms with Crippen LogP contribution >= 0.6 is 11.6 Å². The molecule has 0 saturated carbocycles. The Morgan fingerprint density at radius 3 is 2.53 bits per heavy atom. The molecule has 0 aliphatic carbocycles. The van der Waals surface area contributed by atoms with Gasteiger partial charge in [0, 0.05) is 18.1 Å². The third kappa shape index (κ3) is 2.33.